The predicted octanol–water partition coefficient (Wildman–Crippen LogP) is -0.0159. The van der Waals surface area contributed by atoms with E-state index in [1.54, 1.807) is 0 Å². The van der Waals surface area contributed by atoms with Gasteiger partial charge in [-0.2, -0.15) is 0 Å². The molecule has 0 aliphatic heterocycles. The van der Waals surface area contributed by atoms with Gasteiger partial charge in [0.15, 0.2) is 0 Å². The number of hydrogen-bond acceptors (Lipinski definition) is 4. The van der Waals surface area contributed by atoms with Crippen molar-refractivity contribution in [1.29, 1.82) is 0 Å². The van der Waals surface area contributed by atoms with Gasteiger partial charge in [-0.25, -0.2) is 0 Å². The van der Waals surface area contributed by atoms with Gasteiger partial charge in [-0.05, 0) is 20.6 Å². The fraction of sp³-hybridized carbons (Fsp3) is 0.923. The van der Waals surface area contributed by atoms with Crippen LogP contribution in [0.2, 0.25) is 0 Å². The molecule has 0 spiro atoms. The van der Waals surface area contributed by atoms with E-state index in [-0.39, 0.29) is 5.91 Å². The topological polar surface area (TPSA) is 47.6 Å². The first-order valence-electron chi connectivity index (χ1n) is 6.82. The highest BCUT2D eigenvalue weighted by atomic mass is 16.2. The molecule has 0 atom stereocenters. The van der Waals surface area contributed by atoms with Crippen molar-refractivity contribution in [3.63, 3.8) is 0 Å². The maximum atomic E-state index is 11.5. The van der Waals surface area contributed by atoms with Crippen molar-refractivity contribution in [2.75, 3.05) is 53.4 Å². The maximum Gasteiger partial charge on any atom is 0.234 e. The van der Waals surface area contributed by atoms with Crippen LogP contribution in [0.25, 0.3) is 0 Å². The van der Waals surface area contributed by atoms with Crippen LogP contribution in [0.4, 0.5) is 0 Å². The number of nitrogens with one attached hydrogen (secondary N) is 2. The molecule has 108 valence electrons. The Morgan fingerprint density at radius 1 is 1.11 bits per heavy atom. The molecule has 0 heterocycles. The molecule has 1 amide bonds. The third kappa shape index (κ3) is 10.5. The first-order chi connectivity index (χ1) is 8.45. The highest BCUT2D eigenvalue weighted by Gasteiger charge is 2.04. The number of likely N-dealkylation sites (N-methyl/N-ethyl adjacent to an activating group) is 2. The van der Waals surface area contributed by atoms with E-state index < -0.39 is 0 Å². The Hall–Kier alpha value is -0.650. The second kappa shape index (κ2) is 10.3. The monoisotopic (exact) mass is 258 g/mol. The highest BCUT2D eigenvalue weighted by Crippen LogP contribution is 1.83. The number of carbonyl (C=O) groups excluding carboxylic acids is 1. The summed E-state index contributed by atoms with van der Waals surface area (Å²) in [5, 5.41) is 6.31. The minimum absolute atomic E-state index is 0.105. The Morgan fingerprint density at radius 3 is 2.28 bits per heavy atom. The van der Waals surface area contributed by atoms with E-state index in [9.17, 15) is 4.79 Å². The van der Waals surface area contributed by atoms with Crippen LogP contribution in [0, 0.1) is 0 Å². The quantitative estimate of drug-likeness (QED) is 0.578. The van der Waals surface area contributed by atoms with Crippen LogP contribution in [0.15, 0.2) is 0 Å². The van der Waals surface area contributed by atoms with Crippen molar-refractivity contribution in [1.82, 2.24) is 20.4 Å². The zero-order valence-corrected chi connectivity index (χ0v) is 12.6. The van der Waals surface area contributed by atoms with Crippen molar-refractivity contribution < 1.29 is 4.79 Å². The van der Waals surface area contributed by atoms with E-state index in [0.717, 1.165) is 26.2 Å². The van der Waals surface area contributed by atoms with E-state index in [2.05, 4.69) is 36.4 Å². The Balaban J connectivity index is 3.49. The molecular formula is C13H30N4O. The smallest absolute Gasteiger partial charge is 0.234 e. The number of rotatable bonds is 10. The summed E-state index contributed by atoms with van der Waals surface area (Å²) >= 11 is 0. The van der Waals surface area contributed by atoms with E-state index >= 15 is 0 Å². The molecule has 0 radical (unpaired) electrons. The van der Waals surface area contributed by atoms with Gasteiger partial charge in [0.1, 0.15) is 0 Å². The third-order valence-electron chi connectivity index (χ3n) is 2.82. The van der Waals surface area contributed by atoms with E-state index in [1.807, 2.05) is 18.9 Å². The van der Waals surface area contributed by atoms with Crippen molar-refractivity contribution in [3.05, 3.63) is 0 Å². The van der Waals surface area contributed by atoms with Crippen molar-refractivity contribution >= 4 is 5.91 Å². The summed E-state index contributed by atoms with van der Waals surface area (Å²) in [5.74, 6) is 0.105. The molecule has 0 bridgehead atoms. The minimum Gasteiger partial charge on any atom is -0.354 e. The summed E-state index contributed by atoms with van der Waals surface area (Å²) in [6, 6.07) is 0.530. The SMILES string of the molecule is CCN(C)CC(=O)NCCN(C)CCNC(C)C. The van der Waals surface area contributed by atoms with Crippen molar-refractivity contribution in [3.8, 4) is 0 Å². The van der Waals surface area contributed by atoms with E-state index in [0.29, 0.717) is 19.1 Å². The summed E-state index contributed by atoms with van der Waals surface area (Å²) in [7, 11) is 4.02. The lowest BCUT2D eigenvalue weighted by molar-refractivity contribution is -0.121. The molecule has 2 N–H and O–H groups in total. The van der Waals surface area contributed by atoms with Crippen molar-refractivity contribution in [2.24, 2.45) is 0 Å². The zero-order valence-electron chi connectivity index (χ0n) is 12.6. The molecule has 0 aliphatic rings. The first kappa shape index (κ1) is 17.4. The molecule has 0 saturated carbocycles. The molecule has 5 nitrogen and oxygen atoms in total. The number of amides is 1. The summed E-state index contributed by atoms with van der Waals surface area (Å²) in [6.07, 6.45) is 0. The average Bonchev–Trinajstić information content (AvgIpc) is 2.28. The van der Waals surface area contributed by atoms with Gasteiger partial charge in [-0.3, -0.25) is 9.69 Å². The summed E-state index contributed by atoms with van der Waals surface area (Å²) in [6.45, 7) is 11.3. The van der Waals surface area contributed by atoms with Gasteiger partial charge in [0.05, 0.1) is 6.54 Å². The Kier molecular flexibility index (Phi) is 9.92. The molecule has 0 unspecified atom stereocenters. The molecule has 0 aromatic carbocycles. The minimum atomic E-state index is 0.105. The van der Waals surface area contributed by atoms with Gasteiger partial charge < -0.3 is 15.5 Å². The van der Waals surface area contributed by atoms with Crippen LogP contribution >= 0.6 is 0 Å². The Labute approximate surface area is 112 Å². The van der Waals surface area contributed by atoms with Gasteiger partial charge in [-0.15, -0.1) is 0 Å². The summed E-state index contributed by atoms with van der Waals surface area (Å²) < 4.78 is 0. The van der Waals surface area contributed by atoms with Crippen LogP contribution in [0.1, 0.15) is 20.8 Å². The van der Waals surface area contributed by atoms with E-state index in [1.165, 1.54) is 0 Å². The molecule has 0 aromatic heterocycles. The Morgan fingerprint density at radius 2 is 1.72 bits per heavy atom. The molecule has 0 saturated heterocycles. The molecule has 5 heteroatoms. The lowest BCUT2D eigenvalue weighted by Crippen LogP contribution is -2.40. The molecule has 0 aliphatic carbocycles. The zero-order chi connectivity index (χ0) is 14.0. The predicted molar refractivity (Wildman–Crippen MR) is 76.8 cm³/mol. The van der Waals surface area contributed by atoms with Gasteiger partial charge >= 0.3 is 0 Å². The number of nitrogens with zero attached hydrogens (tertiary/aromatic N) is 2. The van der Waals surface area contributed by atoms with Crippen LogP contribution in [-0.4, -0.2) is 75.1 Å². The second-order valence-electron chi connectivity index (χ2n) is 5.09. The second-order valence-corrected chi connectivity index (χ2v) is 5.09. The van der Waals surface area contributed by atoms with E-state index in [4.69, 9.17) is 0 Å². The lowest BCUT2D eigenvalue weighted by atomic mass is 10.4. The maximum absolute atomic E-state index is 11.5. The number of hydrogen-bond donors (Lipinski definition) is 2. The van der Waals surface area contributed by atoms with Crippen LogP contribution in [0.3, 0.4) is 0 Å². The largest absolute Gasteiger partial charge is 0.354 e. The third-order valence-corrected chi connectivity index (χ3v) is 2.82. The Bertz CT molecular complexity index is 221. The molecule has 0 aromatic rings. The van der Waals surface area contributed by atoms with Gasteiger partial charge in [0, 0.05) is 32.2 Å². The highest BCUT2D eigenvalue weighted by molar-refractivity contribution is 5.77. The fourth-order valence-corrected chi connectivity index (χ4v) is 1.45. The molecular weight excluding hydrogens is 228 g/mol. The molecule has 18 heavy (non-hydrogen) atoms. The normalized spacial score (nSPS) is 11.6. The van der Waals surface area contributed by atoms with Crippen LogP contribution in [0.5, 0.6) is 0 Å². The first-order valence-corrected chi connectivity index (χ1v) is 6.82. The van der Waals surface area contributed by atoms with Gasteiger partial charge in [0.25, 0.3) is 0 Å². The molecule has 0 fully saturated rings. The lowest BCUT2D eigenvalue weighted by Gasteiger charge is -2.19. The standard InChI is InChI=1S/C13H30N4O/c1-6-16(4)11-13(18)15-8-10-17(5)9-7-14-12(2)3/h12,14H,6-11H2,1-5H3,(H,15,18). The summed E-state index contributed by atoms with van der Waals surface area (Å²) in [5.41, 5.74) is 0. The summed E-state index contributed by atoms with van der Waals surface area (Å²) in [4.78, 5) is 15.7. The van der Waals surface area contributed by atoms with Crippen LogP contribution < -0.4 is 10.6 Å². The van der Waals surface area contributed by atoms with Crippen LogP contribution in [-0.2, 0) is 4.79 Å². The average molecular weight is 258 g/mol. The molecule has 0 rings (SSSR count). The number of carbonyl (C=O) groups is 1. The van der Waals surface area contributed by atoms with Gasteiger partial charge in [0.2, 0.25) is 5.91 Å². The fourth-order valence-electron chi connectivity index (χ4n) is 1.45. The van der Waals surface area contributed by atoms with Gasteiger partial charge in [-0.1, -0.05) is 20.8 Å². The van der Waals surface area contributed by atoms with Crippen molar-refractivity contribution in [2.45, 2.75) is 26.8 Å².